The van der Waals surface area contributed by atoms with Crippen LogP contribution in [-0.4, -0.2) is 28.2 Å². The fourth-order valence-electron chi connectivity index (χ4n) is 6.74. The van der Waals surface area contributed by atoms with Gasteiger partial charge in [-0.05, 0) is 72.5 Å². The molecular weight excluding hydrogens is 392 g/mol. The van der Waals surface area contributed by atoms with Crippen molar-refractivity contribution in [2.24, 2.45) is 23.2 Å². The quantitative estimate of drug-likeness (QED) is 0.285. The van der Waals surface area contributed by atoms with Gasteiger partial charge in [-0.2, -0.15) is 0 Å². The maximum absolute atomic E-state index is 12.5. The van der Waals surface area contributed by atoms with Gasteiger partial charge in [0.1, 0.15) is 6.04 Å². The van der Waals surface area contributed by atoms with Crippen LogP contribution < -0.4 is 10.8 Å². The van der Waals surface area contributed by atoms with E-state index in [2.05, 4.69) is 5.32 Å². The monoisotopic (exact) mass is 426 g/mol. The Balaban J connectivity index is 1.47. The number of carbonyl (C=O) groups is 2. The lowest BCUT2D eigenvalue weighted by molar-refractivity contribution is -0.147. The summed E-state index contributed by atoms with van der Waals surface area (Å²) >= 11 is 0. The van der Waals surface area contributed by atoms with E-state index in [1.807, 2.05) is 24.3 Å². The Labute approximate surface area is 184 Å². The molecule has 31 heavy (non-hydrogen) atoms. The highest BCUT2D eigenvalue weighted by molar-refractivity contribution is 5.90. The Hall–Kier alpha value is -2.18. The molecule has 0 aromatic heterocycles. The zero-order valence-electron chi connectivity index (χ0n) is 18.1. The first-order valence-corrected chi connectivity index (χ1v) is 11.7. The van der Waals surface area contributed by atoms with E-state index in [0.29, 0.717) is 18.4 Å². The number of amides is 1. The zero-order valence-corrected chi connectivity index (χ0v) is 18.1. The molecule has 3 saturated carbocycles. The Morgan fingerprint density at radius 3 is 2.42 bits per heavy atom. The van der Waals surface area contributed by atoms with Gasteiger partial charge >= 0.3 is 5.97 Å². The molecule has 1 aromatic carbocycles. The van der Waals surface area contributed by atoms with Crippen molar-refractivity contribution in [3.8, 4) is 0 Å². The molecule has 0 spiro atoms. The van der Waals surface area contributed by atoms with Crippen LogP contribution in [0.5, 0.6) is 0 Å². The molecule has 6 heteroatoms. The highest BCUT2D eigenvalue weighted by atomic mass is 16.5. The number of aliphatic carboxylic acids is 1. The summed E-state index contributed by atoms with van der Waals surface area (Å²) in [7, 11) is 0. The summed E-state index contributed by atoms with van der Waals surface area (Å²) in [4.78, 5) is 23.6. The van der Waals surface area contributed by atoms with E-state index in [0.717, 1.165) is 42.7 Å². The van der Waals surface area contributed by atoms with Crippen molar-refractivity contribution in [1.82, 2.24) is 10.8 Å². The van der Waals surface area contributed by atoms with E-state index < -0.39 is 17.9 Å². The first kappa shape index (κ1) is 22.0. The largest absolute Gasteiger partial charge is 0.480 e. The summed E-state index contributed by atoms with van der Waals surface area (Å²) in [5.41, 5.74) is 3.31. The second-order valence-electron chi connectivity index (χ2n) is 9.78. The minimum atomic E-state index is -0.709. The van der Waals surface area contributed by atoms with Gasteiger partial charge in [-0.1, -0.05) is 49.9 Å². The van der Waals surface area contributed by atoms with Gasteiger partial charge in [-0.3, -0.25) is 20.1 Å². The molecule has 4 N–H and O–H groups in total. The van der Waals surface area contributed by atoms with Gasteiger partial charge in [0.05, 0.1) is 0 Å². The summed E-state index contributed by atoms with van der Waals surface area (Å²) in [6.45, 7) is 0.515. The summed E-state index contributed by atoms with van der Waals surface area (Å²) in [5, 5.41) is 22.3. The predicted molar refractivity (Wildman–Crippen MR) is 118 cm³/mol. The molecule has 3 fully saturated rings. The maximum Gasteiger partial charge on any atom is 0.321 e. The Morgan fingerprint density at radius 2 is 1.84 bits per heavy atom. The summed E-state index contributed by atoms with van der Waals surface area (Å²) in [5.74, 6) is 0.795. The van der Waals surface area contributed by atoms with Crippen LogP contribution in [0.2, 0.25) is 0 Å². The van der Waals surface area contributed by atoms with Crippen molar-refractivity contribution in [3.05, 3.63) is 41.5 Å². The van der Waals surface area contributed by atoms with Crippen LogP contribution >= 0.6 is 0 Å². The normalized spacial score (nSPS) is 28.0. The Kier molecular flexibility index (Phi) is 6.77. The van der Waals surface area contributed by atoms with Crippen LogP contribution in [0.4, 0.5) is 0 Å². The number of benzene rings is 1. The molecule has 3 aliphatic rings. The minimum absolute atomic E-state index is 0.121. The molecule has 0 aliphatic heterocycles. The number of carbonyl (C=O) groups excluding carboxylic acids is 1. The molecule has 0 saturated heterocycles. The number of rotatable bonds is 8. The number of hydroxylamine groups is 1. The molecule has 4 atom stereocenters. The molecule has 0 radical (unpaired) electrons. The molecule has 168 valence electrons. The highest BCUT2D eigenvalue weighted by Crippen LogP contribution is 2.60. The molecular formula is C25H34N2O4. The van der Waals surface area contributed by atoms with Gasteiger partial charge in [0.25, 0.3) is 5.91 Å². The van der Waals surface area contributed by atoms with Gasteiger partial charge in [-0.15, -0.1) is 0 Å². The number of carboxylic acid groups (broad SMARTS) is 1. The maximum atomic E-state index is 12.5. The Bertz CT molecular complexity index is 813. The third-order valence-electron chi connectivity index (χ3n) is 8.11. The van der Waals surface area contributed by atoms with Crippen molar-refractivity contribution in [2.45, 2.75) is 70.4 Å². The minimum Gasteiger partial charge on any atom is -0.480 e. The van der Waals surface area contributed by atoms with E-state index >= 15 is 0 Å². The first-order valence-electron chi connectivity index (χ1n) is 11.7. The number of hydrogen-bond acceptors (Lipinski definition) is 4. The van der Waals surface area contributed by atoms with E-state index in [4.69, 9.17) is 5.21 Å². The summed E-state index contributed by atoms with van der Waals surface area (Å²) < 4.78 is 0. The van der Waals surface area contributed by atoms with E-state index in [-0.39, 0.29) is 5.41 Å². The molecule has 4 rings (SSSR count). The van der Waals surface area contributed by atoms with Crippen molar-refractivity contribution >= 4 is 18.0 Å². The molecule has 3 aliphatic carbocycles. The molecule has 2 bridgehead atoms. The number of hydrogen-bond donors (Lipinski definition) is 4. The third kappa shape index (κ3) is 4.70. The van der Waals surface area contributed by atoms with Crippen LogP contribution in [-0.2, 0) is 16.1 Å². The lowest BCUT2D eigenvalue weighted by Gasteiger charge is -2.49. The lowest BCUT2D eigenvalue weighted by Crippen LogP contribution is -2.55. The van der Waals surface area contributed by atoms with Gasteiger partial charge in [0.15, 0.2) is 0 Å². The van der Waals surface area contributed by atoms with Gasteiger partial charge in [0.2, 0.25) is 0 Å². The fraction of sp³-hybridized carbons (Fsp3) is 0.600. The van der Waals surface area contributed by atoms with Crippen molar-refractivity contribution < 1.29 is 19.9 Å². The van der Waals surface area contributed by atoms with Crippen molar-refractivity contribution in [2.75, 3.05) is 0 Å². The van der Waals surface area contributed by atoms with E-state index in [1.165, 1.54) is 38.2 Å². The molecule has 6 nitrogen and oxygen atoms in total. The van der Waals surface area contributed by atoms with Gasteiger partial charge < -0.3 is 5.11 Å². The number of fused-ring (bicyclic) bond motifs is 2. The van der Waals surface area contributed by atoms with Crippen molar-refractivity contribution in [3.63, 3.8) is 0 Å². The van der Waals surface area contributed by atoms with Crippen molar-refractivity contribution in [1.29, 1.82) is 0 Å². The molecule has 1 amide bonds. The van der Waals surface area contributed by atoms with E-state index in [9.17, 15) is 14.7 Å². The average molecular weight is 427 g/mol. The Morgan fingerprint density at radius 1 is 1.10 bits per heavy atom. The second kappa shape index (κ2) is 9.53. The van der Waals surface area contributed by atoms with Crippen LogP contribution in [0.25, 0.3) is 6.08 Å². The molecule has 3 unspecified atom stereocenters. The van der Waals surface area contributed by atoms with Crippen LogP contribution in [0.3, 0.4) is 0 Å². The van der Waals surface area contributed by atoms with E-state index in [1.54, 1.807) is 11.6 Å². The summed E-state index contributed by atoms with van der Waals surface area (Å²) in [6, 6.07) is 7.17. The predicted octanol–water partition coefficient (Wildman–Crippen LogP) is 4.13. The number of carboxylic acids is 1. The lowest BCUT2D eigenvalue weighted by atomic mass is 9.57. The van der Waals surface area contributed by atoms with Gasteiger partial charge in [0, 0.05) is 12.6 Å². The average Bonchev–Trinajstić information content (AvgIpc) is 3.43. The number of nitrogens with one attached hydrogen (secondary N) is 2. The van der Waals surface area contributed by atoms with Crippen LogP contribution in [0.1, 0.15) is 68.9 Å². The highest BCUT2D eigenvalue weighted by Gasteiger charge is 2.55. The SMILES string of the molecule is O=C(C=Cc1ccc(CN[C@H](C(=O)O)C2(C3CC4CCC3C4)CCCCC2)cc1)NO. The molecule has 1 aromatic rings. The molecule has 0 heterocycles. The van der Waals surface area contributed by atoms with Gasteiger partial charge in [-0.25, -0.2) is 5.48 Å². The van der Waals surface area contributed by atoms with Crippen LogP contribution in [0.15, 0.2) is 30.3 Å². The third-order valence-corrected chi connectivity index (χ3v) is 8.11. The topological polar surface area (TPSA) is 98.7 Å². The first-order chi connectivity index (χ1) is 15.0. The fourth-order valence-corrected chi connectivity index (χ4v) is 6.74. The smallest absolute Gasteiger partial charge is 0.321 e. The standard InChI is InChI=1S/C25H34N2O4/c28-22(27-31)11-9-17-4-6-18(7-5-17)16-26-23(24(29)30)25(12-2-1-3-13-25)21-15-19-8-10-20(21)14-19/h4-7,9,11,19-21,23,26,31H,1-3,8,10,12-16H2,(H,27,28)(H,29,30)/t19?,20?,21?,23-/m1/s1. The summed E-state index contributed by atoms with van der Waals surface area (Å²) in [6.07, 6.45) is 13.6. The second-order valence-corrected chi connectivity index (χ2v) is 9.78. The zero-order chi connectivity index (χ0) is 21.8. The van der Waals surface area contributed by atoms with Crippen LogP contribution in [0, 0.1) is 23.2 Å².